The molecular weight excluding hydrogens is 306 g/mol. The maximum absolute atomic E-state index is 11.7. The summed E-state index contributed by atoms with van der Waals surface area (Å²) in [5, 5.41) is 9.64. The molecule has 2 saturated heterocycles. The predicted octanol–water partition coefficient (Wildman–Crippen LogP) is 3.10. The normalized spacial score (nSPS) is 34.4. The molecular formula is C15H18BrNO2. The number of benzene rings is 1. The van der Waals surface area contributed by atoms with Crippen LogP contribution in [0.3, 0.4) is 0 Å². The molecule has 0 amide bonds. The summed E-state index contributed by atoms with van der Waals surface area (Å²) in [6.07, 6.45) is 3.11. The predicted molar refractivity (Wildman–Crippen MR) is 77.2 cm³/mol. The Morgan fingerprint density at radius 2 is 2.21 bits per heavy atom. The Hall–Kier alpha value is -0.870. The highest BCUT2D eigenvalue weighted by Gasteiger charge is 2.49. The van der Waals surface area contributed by atoms with E-state index in [1.54, 1.807) is 0 Å². The van der Waals surface area contributed by atoms with E-state index in [1.165, 1.54) is 0 Å². The number of hydrogen-bond acceptors (Lipinski definition) is 2. The summed E-state index contributed by atoms with van der Waals surface area (Å²) in [7, 11) is 2.08. The standard InChI is InChI=1S/C15H18BrNO2/c1-17-11-5-6-13(17)14(15(18)19)12(8-11)9-3-2-4-10(16)7-9/h2-4,7,11-14H,5-6,8H2,1H3,(H,18,19)/t11-,12+,13+,14-/m0/s1. The second-order valence-corrected chi connectivity index (χ2v) is 6.64. The molecule has 0 saturated carbocycles. The van der Waals surface area contributed by atoms with Crippen molar-refractivity contribution < 1.29 is 9.90 Å². The number of piperidine rings is 1. The van der Waals surface area contributed by atoms with E-state index in [9.17, 15) is 9.90 Å². The molecule has 2 bridgehead atoms. The van der Waals surface area contributed by atoms with E-state index in [1.807, 2.05) is 12.1 Å². The number of fused-ring (bicyclic) bond motifs is 2. The molecule has 0 radical (unpaired) electrons. The second kappa shape index (κ2) is 4.91. The number of aliphatic carboxylic acids is 1. The van der Waals surface area contributed by atoms with Crippen LogP contribution < -0.4 is 0 Å². The Balaban J connectivity index is 1.98. The number of hydrogen-bond donors (Lipinski definition) is 1. The van der Waals surface area contributed by atoms with E-state index in [2.05, 4.69) is 40.0 Å². The Kier molecular flexibility index (Phi) is 3.39. The van der Waals surface area contributed by atoms with Gasteiger partial charge in [-0.3, -0.25) is 9.69 Å². The highest BCUT2D eigenvalue weighted by Crippen LogP contribution is 2.46. The van der Waals surface area contributed by atoms with E-state index in [0.29, 0.717) is 6.04 Å². The molecule has 2 aliphatic heterocycles. The fraction of sp³-hybridized carbons (Fsp3) is 0.533. The molecule has 0 spiro atoms. The van der Waals surface area contributed by atoms with Gasteiger partial charge in [0.1, 0.15) is 0 Å². The fourth-order valence-corrected chi connectivity index (χ4v) is 4.30. The first-order valence-corrected chi connectivity index (χ1v) is 7.57. The molecule has 1 aromatic carbocycles. The number of carboxylic acid groups (broad SMARTS) is 1. The summed E-state index contributed by atoms with van der Waals surface area (Å²) in [6.45, 7) is 0. The SMILES string of the molecule is CN1[C@H]2CC[C@@H]1[C@@H](C(=O)O)[C@@H](c1cccc(Br)c1)C2. The van der Waals surface area contributed by atoms with E-state index in [4.69, 9.17) is 0 Å². The number of carbonyl (C=O) groups is 1. The third-order valence-electron chi connectivity index (χ3n) is 4.83. The minimum atomic E-state index is -0.651. The van der Waals surface area contributed by atoms with E-state index < -0.39 is 5.97 Å². The lowest BCUT2D eigenvalue weighted by Gasteiger charge is -2.41. The van der Waals surface area contributed by atoms with Crippen molar-refractivity contribution in [1.29, 1.82) is 0 Å². The summed E-state index contributed by atoms with van der Waals surface area (Å²) in [5.74, 6) is -0.788. The zero-order valence-electron chi connectivity index (χ0n) is 10.9. The third kappa shape index (κ3) is 2.21. The molecule has 2 aliphatic rings. The van der Waals surface area contributed by atoms with Gasteiger partial charge in [0.05, 0.1) is 5.92 Å². The fourth-order valence-electron chi connectivity index (χ4n) is 3.88. The average Bonchev–Trinajstić information content (AvgIpc) is 2.62. The molecule has 4 atom stereocenters. The minimum Gasteiger partial charge on any atom is -0.481 e. The minimum absolute atomic E-state index is 0.142. The van der Waals surface area contributed by atoms with Crippen LogP contribution in [0.2, 0.25) is 0 Å². The van der Waals surface area contributed by atoms with Crippen LogP contribution in [0.1, 0.15) is 30.7 Å². The average molecular weight is 324 g/mol. The maximum Gasteiger partial charge on any atom is 0.308 e. The lowest BCUT2D eigenvalue weighted by Crippen LogP contribution is -2.48. The van der Waals surface area contributed by atoms with Gasteiger partial charge in [0.2, 0.25) is 0 Å². The molecule has 3 rings (SSSR count). The highest BCUT2D eigenvalue weighted by molar-refractivity contribution is 9.10. The molecule has 4 heteroatoms. The van der Waals surface area contributed by atoms with Crippen LogP contribution in [0, 0.1) is 5.92 Å². The Bertz CT molecular complexity index is 505. The van der Waals surface area contributed by atoms with Gasteiger partial charge >= 0.3 is 5.97 Å². The number of carboxylic acids is 1. The number of nitrogens with zero attached hydrogens (tertiary/aromatic N) is 1. The van der Waals surface area contributed by atoms with Gasteiger partial charge in [-0.15, -0.1) is 0 Å². The summed E-state index contributed by atoms with van der Waals surface area (Å²) < 4.78 is 1.03. The van der Waals surface area contributed by atoms with Crippen molar-refractivity contribution in [1.82, 2.24) is 4.90 Å². The summed E-state index contributed by atoms with van der Waals surface area (Å²) in [5.41, 5.74) is 1.16. The highest BCUT2D eigenvalue weighted by atomic mass is 79.9. The zero-order chi connectivity index (χ0) is 13.6. The van der Waals surface area contributed by atoms with Gasteiger partial charge < -0.3 is 5.11 Å². The molecule has 19 heavy (non-hydrogen) atoms. The van der Waals surface area contributed by atoms with E-state index >= 15 is 0 Å². The first-order valence-electron chi connectivity index (χ1n) is 6.78. The van der Waals surface area contributed by atoms with Crippen molar-refractivity contribution in [3.63, 3.8) is 0 Å². The molecule has 0 aromatic heterocycles. The largest absolute Gasteiger partial charge is 0.481 e. The number of rotatable bonds is 2. The molecule has 3 nitrogen and oxygen atoms in total. The maximum atomic E-state index is 11.7. The Morgan fingerprint density at radius 3 is 2.89 bits per heavy atom. The third-order valence-corrected chi connectivity index (χ3v) is 5.32. The lowest BCUT2D eigenvalue weighted by molar-refractivity contribution is -0.146. The molecule has 2 fully saturated rings. The van der Waals surface area contributed by atoms with Crippen molar-refractivity contribution in [2.24, 2.45) is 5.92 Å². The topological polar surface area (TPSA) is 40.5 Å². The van der Waals surface area contributed by atoms with Crippen LogP contribution in [0.5, 0.6) is 0 Å². The zero-order valence-corrected chi connectivity index (χ0v) is 12.5. The molecule has 2 heterocycles. The molecule has 1 N–H and O–H groups in total. The quantitative estimate of drug-likeness (QED) is 0.909. The van der Waals surface area contributed by atoms with Crippen molar-refractivity contribution in [2.45, 2.75) is 37.3 Å². The van der Waals surface area contributed by atoms with Gasteiger partial charge in [-0.25, -0.2) is 0 Å². The molecule has 102 valence electrons. The summed E-state index contributed by atoms with van der Waals surface area (Å²) in [4.78, 5) is 14.0. The van der Waals surface area contributed by atoms with Crippen LogP contribution in [0.25, 0.3) is 0 Å². The van der Waals surface area contributed by atoms with Gasteiger partial charge in [0.25, 0.3) is 0 Å². The van der Waals surface area contributed by atoms with E-state index in [-0.39, 0.29) is 17.9 Å². The van der Waals surface area contributed by atoms with Crippen molar-refractivity contribution >= 4 is 21.9 Å². The van der Waals surface area contributed by atoms with Gasteiger partial charge in [-0.1, -0.05) is 28.1 Å². The molecule has 0 aliphatic carbocycles. The number of halogens is 1. The Morgan fingerprint density at radius 1 is 1.42 bits per heavy atom. The van der Waals surface area contributed by atoms with Crippen molar-refractivity contribution in [3.05, 3.63) is 34.3 Å². The lowest BCUT2D eigenvalue weighted by atomic mass is 9.76. The van der Waals surface area contributed by atoms with Crippen LogP contribution in [-0.2, 0) is 4.79 Å². The summed E-state index contributed by atoms with van der Waals surface area (Å²) in [6, 6.07) is 8.87. The monoisotopic (exact) mass is 323 g/mol. The van der Waals surface area contributed by atoms with Gasteiger partial charge in [0, 0.05) is 22.5 Å². The second-order valence-electron chi connectivity index (χ2n) is 5.73. The van der Waals surface area contributed by atoms with Crippen LogP contribution >= 0.6 is 15.9 Å². The first-order chi connectivity index (χ1) is 9.08. The van der Waals surface area contributed by atoms with Crippen LogP contribution in [0.15, 0.2) is 28.7 Å². The molecule has 1 aromatic rings. The molecule has 0 unspecified atom stereocenters. The van der Waals surface area contributed by atoms with Crippen LogP contribution in [0.4, 0.5) is 0 Å². The van der Waals surface area contributed by atoms with E-state index in [0.717, 1.165) is 29.3 Å². The van der Waals surface area contributed by atoms with Crippen molar-refractivity contribution in [2.75, 3.05) is 7.05 Å². The van der Waals surface area contributed by atoms with Gasteiger partial charge in [0.15, 0.2) is 0 Å². The van der Waals surface area contributed by atoms with Crippen molar-refractivity contribution in [3.8, 4) is 0 Å². The van der Waals surface area contributed by atoms with Gasteiger partial charge in [-0.2, -0.15) is 0 Å². The van der Waals surface area contributed by atoms with Gasteiger partial charge in [-0.05, 0) is 44.0 Å². The van der Waals surface area contributed by atoms with Crippen LogP contribution in [-0.4, -0.2) is 35.1 Å². The first kappa shape index (κ1) is 13.1. The Labute approximate surface area is 121 Å². The summed E-state index contributed by atoms with van der Waals surface area (Å²) >= 11 is 3.49. The smallest absolute Gasteiger partial charge is 0.308 e.